The number of rotatable bonds is 5. The van der Waals surface area contributed by atoms with Gasteiger partial charge < -0.3 is 14.8 Å². The first-order valence-electron chi connectivity index (χ1n) is 5.75. The lowest BCUT2D eigenvalue weighted by Crippen LogP contribution is -2.57. The number of alkyl carbamates (subject to hydrolysis) is 1. The van der Waals surface area contributed by atoms with E-state index in [0.29, 0.717) is 5.56 Å². The topological polar surface area (TPSA) is 64.6 Å². The van der Waals surface area contributed by atoms with Crippen LogP contribution >= 0.6 is 0 Å². The number of esters is 1. The molecule has 1 atom stereocenters. The van der Waals surface area contributed by atoms with Gasteiger partial charge in [0.05, 0.1) is 7.11 Å². The minimum Gasteiger partial charge on any atom is -0.467 e. The van der Waals surface area contributed by atoms with Crippen molar-refractivity contribution in [1.29, 1.82) is 0 Å². The second-order valence-electron chi connectivity index (χ2n) is 4.18. The van der Waals surface area contributed by atoms with Gasteiger partial charge in [0.2, 0.25) is 0 Å². The number of carbonyl (C=O) groups is 2. The third-order valence-corrected chi connectivity index (χ3v) is 2.62. The van der Waals surface area contributed by atoms with Crippen molar-refractivity contribution in [3.63, 3.8) is 0 Å². The van der Waals surface area contributed by atoms with Crippen LogP contribution in [0.15, 0.2) is 30.3 Å². The summed E-state index contributed by atoms with van der Waals surface area (Å²) in [5.41, 5.74) is -1.75. The quantitative estimate of drug-likeness (QED) is 0.842. The van der Waals surface area contributed by atoms with E-state index < -0.39 is 24.0 Å². The van der Waals surface area contributed by atoms with E-state index >= 15 is 0 Å². The summed E-state index contributed by atoms with van der Waals surface area (Å²) in [6, 6.07) is 8.69. The molecule has 0 saturated heterocycles. The summed E-state index contributed by atoms with van der Waals surface area (Å²) < 4.78 is 34.8. The molecule has 0 fully saturated rings. The molecule has 0 aromatic heterocycles. The molecule has 1 amide bonds. The lowest BCUT2D eigenvalue weighted by Gasteiger charge is -2.26. The summed E-state index contributed by atoms with van der Waals surface area (Å²) in [5.74, 6) is -1.25. The third kappa shape index (κ3) is 3.91. The second kappa shape index (κ2) is 6.83. The van der Waals surface area contributed by atoms with Gasteiger partial charge in [0.25, 0.3) is 6.43 Å². The van der Waals surface area contributed by atoms with Gasteiger partial charge in [-0.25, -0.2) is 18.4 Å². The Kier molecular flexibility index (Phi) is 5.42. The summed E-state index contributed by atoms with van der Waals surface area (Å²) in [7, 11) is 0.958. The number of carbonyl (C=O) groups excluding carboxylic acids is 2. The van der Waals surface area contributed by atoms with Crippen molar-refractivity contribution in [2.45, 2.75) is 25.5 Å². The maximum absolute atomic E-state index is 12.9. The molecule has 0 aliphatic rings. The molecule has 0 aliphatic carbocycles. The van der Waals surface area contributed by atoms with Crippen LogP contribution in [0.25, 0.3) is 0 Å². The molecule has 20 heavy (non-hydrogen) atoms. The van der Waals surface area contributed by atoms with Crippen LogP contribution < -0.4 is 5.32 Å². The van der Waals surface area contributed by atoms with Gasteiger partial charge in [0, 0.05) is 0 Å². The minimum absolute atomic E-state index is 0.0901. The zero-order valence-corrected chi connectivity index (χ0v) is 11.1. The van der Waals surface area contributed by atoms with Gasteiger partial charge in [-0.15, -0.1) is 0 Å². The van der Waals surface area contributed by atoms with E-state index in [9.17, 15) is 18.4 Å². The van der Waals surface area contributed by atoms with Crippen LogP contribution in [0.4, 0.5) is 13.6 Å². The fraction of sp³-hybridized carbons (Fsp3) is 0.385. The van der Waals surface area contributed by atoms with E-state index in [4.69, 9.17) is 4.74 Å². The molecular weight excluding hydrogens is 272 g/mol. The van der Waals surface area contributed by atoms with Gasteiger partial charge in [-0.1, -0.05) is 30.3 Å². The van der Waals surface area contributed by atoms with Crippen LogP contribution in [0.5, 0.6) is 0 Å². The van der Waals surface area contributed by atoms with E-state index in [1.165, 1.54) is 0 Å². The summed E-state index contributed by atoms with van der Waals surface area (Å²) in [4.78, 5) is 22.8. The highest BCUT2D eigenvalue weighted by molar-refractivity contribution is 5.85. The average Bonchev–Trinajstić information content (AvgIpc) is 2.45. The van der Waals surface area contributed by atoms with Crippen LogP contribution in [0.1, 0.15) is 12.5 Å². The van der Waals surface area contributed by atoms with Gasteiger partial charge in [0.1, 0.15) is 6.61 Å². The van der Waals surface area contributed by atoms with E-state index in [2.05, 4.69) is 4.74 Å². The first-order chi connectivity index (χ1) is 9.40. The monoisotopic (exact) mass is 287 g/mol. The summed E-state index contributed by atoms with van der Waals surface area (Å²) in [6.45, 7) is 0.778. The van der Waals surface area contributed by atoms with Crippen molar-refractivity contribution in [2.24, 2.45) is 0 Å². The maximum Gasteiger partial charge on any atom is 0.408 e. The molecule has 7 heteroatoms. The lowest BCUT2D eigenvalue weighted by molar-refractivity contribution is -0.154. The highest BCUT2D eigenvalue weighted by Crippen LogP contribution is 2.17. The second-order valence-corrected chi connectivity index (χ2v) is 4.18. The Balaban J connectivity index is 2.61. The molecule has 0 unspecified atom stereocenters. The van der Waals surface area contributed by atoms with Crippen LogP contribution in [0, 0.1) is 0 Å². The predicted octanol–water partition coefficient (Wildman–Crippen LogP) is 2.11. The standard InChI is InChI=1S/C13H15F2NO4/c1-13(10(14)15,11(17)19-2)16-12(18)20-8-9-6-4-3-5-7-9/h3-7,10H,8H2,1-2H3,(H,16,18)/t13-/m0/s1. The fourth-order valence-electron chi connectivity index (χ4n) is 1.38. The number of ether oxygens (including phenoxy) is 2. The zero-order chi connectivity index (χ0) is 15.2. The first-order valence-corrected chi connectivity index (χ1v) is 5.75. The molecule has 1 rings (SSSR count). The van der Waals surface area contributed by atoms with E-state index in [1.54, 1.807) is 30.3 Å². The largest absolute Gasteiger partial charge is 0.467 e. The number of halogens is 2. The number of methoxy groups -OCH3 is 1. The third-order valence-electron chi connectivity index (χ3n) is 2.62. The molecule has 0 saturated carbocycles. The Hall–Kier alpha value is -2.18. The highest BCUT2D eigenvalue weighted by atomic mass is 19.3. The number of amides is 1. The molecule has 110 valence electrons. The van der Waals surface area contributed by atoms with Crippen molar-refractivity contribution in [3.05, 3.63) is 35.9 Å². The number of hydrogen-bond acceptors (Lipinski definition) is 4. The van der Waals surface area contributed by atoms with Crippen LogP contribution in [0.2, 0.25) is 0 Å². The van der Waals surface area contributed by atoms with Gasteiger partial charge in [0.15, 0.2) is 5.54 Å². The van der Waals surface area contributed by atoms with Crippen molar-refractivity contribution in [3.8, 4) is 0 Å². The molecule has 0 radical (unpaired) electrons. The summed E-state index contributed by atoms with van der Waals surface area (Å²) in [6.07, 6.45) is -4.25. The Labute approximate surface area is 114 Å². The molecule has 0 spiro atoms. The molecule has 5 nitrogen and oxygen atoms in total. The van der Waals surface area contributed by atoms with Crippen LogP contribution in [-0.2, 0) is 20.9 Å². The Morgan fingerprint density at radius 3 is 2.40 bits per heavy atom. The maximum atomic E-state index is 12.9. The Morgan fingerprint density at radius 1 is 1.30 bits per heavy atom. The van der Waals surface area contributed by atoms with Gasteiger partial charge in [-0.2, -0.15) is 0 Å². The van der Waals surface area contributed by atoms with Gasteiger partial charge in [-0.3, -0.25) is 0 Å². The normalized spacial score (nSPS) is 13.4. The Bertz CT molecular complexity index is 467. The summed E-state index contributed by atoms with van der Waals surface area (Å²) in [5, 5.41) is 1.83. The van der Waals surface area contributed by atoms with E-state index in [1.807, 2.05) is 5.32 Å². The van der Waals surface area contributed by atoms with Crippen molar-refractivity contribution < 1.29 is 27.8 Å². The molecule has 1 N–H and O–H groups in total. The lowest BCUT2D eigenvalue weighted by atomic mass is 10.0. The molecule has 0 aliphatic heterocycles. The predicted molar refractivity (Wildman–Crippen MR) is 66.2 cm³/mol. The van der Waals surface area contributed by atoms with Crippen molar-refractivity contribution in [2.75, 3.05) is 7.11 Å². The van der Waals surface area contributed by atoms with Crippen LogP contribution in [-0.4, -0.2) is 31.1 Å². The number of hydrogen-bond donors (Lipinski definition) is 1. The van der Waals surface area contributed by atoms with E-state index in [0.717, 1.165) is 14.0 Å². The SMILES string of the molecule is COC(=O)[C@@](C)(NC(=O)OCc1ccccc1)C(F)F. The number of benzene rings is 1. The fourth-order valence-corrected chi connectivity index (χ4v) is 1.38. The Morgan fingerprint density at radius 2 is 1.90 bits per heavy atom. The molecule has 1 aromatic carbocycles. The van der Waals surface area contributed by atoms with Gasteiger partial charge in [-0.05, 0) is 12.5 Å². The van der Waals surface area contributed by atoms with Crippen LogP contribution in [0.3, 0.4) is 0 Å². The molecule has 0 bridgehead atoms. The first kappa shape index (κ1) is 15.9. The minimum atomic E-state index is -3.13. The summed E-state index contributed by atoms with van der Waals surface area (Å²) >= 11 is 0. The average molecular weight is 287 g/mol. The number of alkyl halides is 2. The molecule has 0 heterocycles. The number of nitrogens with one attached hydrogen (secondary N) is 1. The van der Waals surface area contributed by atoms with Crippen molar-refractivity contribution >= 4 is 12.1 Å². The smallest absolute Gasteiger partial charge is 0.408 e. The zero-order valence-electron chi connectivity index (χ0n) is 11.1. The van der Waals surface area contributed by atoms with Crippen molar-refractivity contribution in [1.82, 2.24) is 5.32 Å². The van der Waals surface area contributed by atoms with Gasteiger partial charge >= 0.3 is 12.1 Å². The molecule has 1 aromatic rings. The highest BCUT2D eigenvalue weighted by Gasteiger charge is 2.46. The molecular formula is C13H15F2NO4. The van der Waals surface area contributed by atoms with E-state index in [-0.39, 0.29) is 6.61 Å².